The number of carbonyl (C=O) groups excluding carboxylic acids is 3. The Hall–Kier alpha value is -3.92. The molecule has 1 spiro atoms. The quantitative estimate of drug-likeness (QED) is 0.593. The number of carboxylic acid groups (broad SMARTS) is 1. The van der Waals surface area contributed by atoms with Crippen molar-refractivity contribution < 1.29 is 33.8 Å². The third-order valence-electron chi connectivity index (χ3n) is 6.91. The number of fused-ring (bicyclic) bond motifs is 5. The zero-order valence-corrected chi connectivity index (χ0v) is 17.2. The van der Waals surface area contributed by atoms with Gasteiger partial charge in [0.15, 0.2) is 11.5 Å². The molecule has 4 aliphatic heterocycles. The molecule has 3 amide bonds. The molecular weight excluding hydrogens is 430 g/mol. The second-order valence-corrected chi connectivity index (χ2v) is 8.54. The fourth-order valence-electron chi connectivity index (χ4n) is 5.56. The lowest BCUT2D eigenvalue weighted by molar-refractivity contribution is -0.137. The minimum Gasteiger partial charge on any atom is -0.481 e. The molecule has 10 nitrogen and oxygen atoms in total. The summed E-state index contributed by atoms with van der Waals surface area (Å²) in [7, 11) is 0. The van der Waals surface area contributed by atoms with Gasteiger partial charge < -0.3 is 19.9 Å². The van der Waals surface area contributed by atoms with Crippen molar-refractivity contribution in [3.8, 4) is 11.5 Å². The Bertz CT molecular complexity index is 1240. The molecule has 3 N–H and O–H groups in total. The lowest BCUT2D eigenvalue weighted by Gasteiger charge is -2.29. The first-order valence-electron chi connectivity index (χ1n) is 10.6. The van der Waals surface area contributed by atoms with Crippen molar-refractivity contribution in [2.45, 2.75) is 24.4 Å². The van der Waals surface area contributed by atoms with Crippen LogP contribution >= 0.6 is 0 Å². The number of hydrogen-bond donors (Lipinski definition) is 3. The van der Waals surface area contributed by atoms with E-state index in [4.69, 9.17) is 9.47 Å². The van der Waals surface area contributed by atoms with Crippen LogP contribution in [0, 0.1) is 11.8 Å². The predicted molar refractivity (Wildman–Crippen MR) is 113 cm³/mol. The highest BCUT2D eigenvalue weighted by Gasteiger charge is 2.70. The number of aliphatic carboxylic acids is 1. The van der Waals surface area contributed by atoms with Crippen LogP contribution in [-0.2, 0) is 24.7 Å². The molecule has 2 aromatic carbocycles. The molecule has 168 valence electrons. The normalized spacial score (nSPS) is 28.9. The molecule has 2 saturated heterocycles. The van der Waals surface area contributed by atoms with Crippen LogP contribution in [-0.4, -0.2) is 41.6 Å². The Morgan fingerprint density at radius 3 is 2.70 bits per heavy atom. The molecule has 0 unspecified atom stereocenters. The van der Waals surface area contributed by atoms with E-state index in [1.54, 1.807) is 42.5 Å². The lowest BCUT2D eigenvalue weighted by Crippen LogP contribution is -2.53. The van der Waals surface area contributed by atoms with E-state index < -0.39 is 47.1 Å². The Labute approximate surface area is 187 Å². The van der Waals surface area contributed by atoms with E-state index >= 15 is 0 Å². The van der Waals surface area contributed by atoms with Gasteiger partial charge in [-0.2, -0.15) is 0 Å². The number of carbonyl (C=O) groups is 4. The van der Waals surface area contributed by atoms with Gasteiger partial charge in [-0.3, -0.25) is 24.5 Å². The summed E-state index contributed by atoms with van der Waals surface area (Å²) in [5.74, 6) is -3.40. The van der Waals surface area contributed by atoms with Crippen LogP contribution < -0.4 is 25.0 Å². The number of anilines is 2. The maximum absolute atomic E-state index is 13.8. The third kappa shape index (κ3) is 2.58. The molecule has 10 heteroatoms. The van der Waals surface area contributed by atoms with E-state index in [2.05, 4.69) is 10.6 Å². The fourth-order valence-corrected chi connectivity index (χ4v) is 5.56. The fraction of sp³-hybridized carbons (Fsp3) is 0.304. The van der Waals surface area contributed by atoms with Gasteiger partial charge >= 0.3 is 5.97 Å². The van der Waals surface area contributed by atoms with Crippen LogP contribution in [0.25, 0.3) is 0 Å². The molecule has 0 aromatic heterocycles. The molecule has 4 atom stereocenters. The largest absolute Gasteiger partial charge is 0.481 e. The van der Waals surface area contributed by atoms with Crippen LogP contribution in [0.5, 0.6) is 11.5 Å². The molecule has 2 aromatic rings. The van der Waals surface area contributed by atoms with Gasteiger partial charge in [0.25, 0.3) is 0 Å². The van der Waals surface area contributed by atoms with Crippen molar-refractivity contribution in [3.63, 3.8) is 0 Å². The Balaban J connectivity index is 1.47. The van der Waals surface area contributed by atoms with Crippen LogP contribution in [0.3, 0.4) is 0 Å². The van der Waals surface area contributed by atoms with Gasteiger partial charge in [0.2, 0.25) is 24.5 Å². The minimum absolute atomic E-state index is 0.0488. The summed E-state index contributed by atoms with van der Waals surface area (Å²) in [4.78, 5) is 53.1. The van der Waals surface area contributed by atoms with Crippen LogP contribution in [0.4, 0.5) is 11.4 Å². The van der Waals surface area contributed by atoms with Gasteiger partial charge in [-0.1, -0.05) is 18.2 Å². The molecule has 4 aliphatic rings. The van der Waals surface area contributed by atoms with Gasteiger partial charge in [0.1, 0.15) is 5.54 Å². The van der Waals surface area contributed by atoms with Crippen molar-refractivity contribution in [2.24, 2.45) is 11.8 Å². The molecular formula is C23H19N3O7. The molecule has 33 heavy (non-hydrogen) atoms. The maximum atomic E-state index is 13.8. The number of hydrogen-bond acceptors (Lipinski definition) is 7. The van der Waals surface area contributed by atoms with Crippen molar-refractivity contribution in [1.82, 2.24) is 5.32 Å². The van der Waals surface area contributed by atoms with Gasteiger partial charge in [0.05, 0.1) is 17.5 Å². The molecule has 4 heterocycles. The number of rotatable bonds is 4. The molecule has 0 bridgehead atoms. The highest BCUT2D eigenvalue weighted by atomic mass is 16.7. The molecule has 2 fully saturated rings. The maximum Gasteiger partial charge on any atom is 0.303 e. The highest BCUT2D eigenvalue weighted by Crippen LogP contribution is 2.54. The lowest BCUT2D eigenvalue weighted by atomic mass is 9.76. The van der Waals surface area contributed by atoms with Crippen LogP contribution in [0.2, 0.25) is 0 Å². The van der Waals surface area contributed by atoms with Crippen molar-refractivity contribution in [3.05, 3.63) is 48.0 Å². The number of nitrogens with one attached hydrogen (secondary N) is 2. The summed E-state index contributed by atoms with van der Waals surface area (Å²) in [6, 6.07) is 11.1. The first kappa shape index (κ1) is 19.7. The summed E-state index contributed by atoms with van der Waals surface area (Å²) < 4.78 is 10.7. The Kier molecular flexibility index (Phi) is 4.06. The van der Waals surface area contributed by atoms with Gasteiger partial charge in [0, 0.05) is 29.8 Å². The van der Waals surface area contributed by atoms with Crippen molar-refractivity contribution >= 4 is 35.1 Å². The third-order valence-corrected chi connectivity index (χ3v) is 6.91. The van der Waals surface area contributed by atoms with Crippen LogP contribution in [0.1, 0.15) is 18.4 Å². The number of ether oxygens (including phenoxy) is 2. The number of nitrogens with zero attached hydrogens (tertiary/aromatic N) is 1. The summed E-state index contributed by atoms with van der Waals surface area (Å²) in [5.41, 5.74) is 0.0100. The van der Waals surface area contributed by atoms with E-state index in [0.717, 1.165) is 4.90 Å². The van der Waals surface area contributed by atoms with E-state index in [9.17, 15) is 24.3 Å². The van der Waals surface area contributed by atoms with E-state index in [1.165, 1.54) is 0 Å². The standard InChI is InChI=1S/C23H19N3O7/c27-17(28)8-6-14-18-19(23(25-14)12-3-1-2-4-13(12)24-22(23)31)21(30)26(20(18)29)11-5-7-15-16(9-11)33-10-32-15/h1-5,7,9,14,18-19,25H,6,8,10H2,(H,24,31)(H,27,28)/t14-,18+,19+,23+/m0/s1. The highest BCUT2D eigenvalue weighted by molar-refractivity contribution is 6.25. The number of imide groups is 1. The number of amides is 3. The number of carboxylic acids is 1. The average molecular weight is 449 g/mol. The van der Waals surface area contributed by atoms with Gasteiger partial charge in [-0.05, 0) is 24.6 Å². The minimum atomic E-state index is -1.46. The summed E-state index contributed by atoms with van der Waals surface area (Å²) in [5, 5.41) is 15.3. The van der Waals surface area contributed by atoms with Crippen molar-refractivity contribution in [2.75, 3.05) is 17.0 Å². The van der Waals surface area contributed by atoms with Crippen LogP contribution in [0.15, 0.2) is 42.5 Å². The summed E-state index contributed by atoms with van der Waals surface area (Å²) in [6.45, 7) is 0.0488. The molecule has 0 aliphatic carbocycles. The number of benzene rings is 2. The van der Waals surface area contributed by atoms with Gasteiger partial charge in [-0.15, -0.1) is 0 Å². The molecule has 0 radical (unpaired) electrons. The molecule has 0 saturated carbocycles. The summed E-state index contributed by atoms with van der Waals surface area (Å²) in [6.07, 6.45) is -0.104. The van der Waals surface area contributed by atoms with E-state index in [-0.39, 0.29) is 19.6 Å². The zero-order chi connectivity index (χ0) is 22.9. The summed E-state index contributed by atoms with van der Waals surface area (Å²) >= 11 is 0. The molecule has 6 rings (SSSR count). The van der Waals surface area contributed by atoms with Gasteiger partial charge in [-0.25, -0.2) is 4.90 Å². The first-order chi connectivity index (χ1) is 15.9. The monoisotopic (exact) mass is 449 g/mol. The second kappa shape index (κ2) is 6.79. The predicted octanol–water partition coefficient (Wildman–Crippen LogP) is 1.21. The Morgan fingerprint density at radius 1 is 1.09 bits per heavy atom. The number of para-hydroxylation sites is 1. The topological polar surface area (TPSA) is 134 Å². The van der Waals surface area contributed by atoms with E-state index in [1.807, 2.05) is 0 Å². The van der Waals surface area contributed by atoms with E-state index in [0.29, 0.717) is 28.4 Å². The Morgan fingerprint density at radius 2 is 1.88 bits per heavy atom. The SMILES string of the molecule is O=C(O)CC[C@@H]1N[C@@]2(C(=O)Nc3ccccc32)[C@H]2C(=O)N(c3ccc4c(c3)OCO4)C(=O)[C@H]12. The smallest absolute Gasteiger partial charge is 0.303 e. The van der Waals surface area contributed by atoms with Crippen molar-refractivity contribution in [1.29, 1.82) is 0 Å². The first-order valence-corrected chi connectivity index (χ1v) is 10.6. The zero-order valence-electron chi connectivity index (χ0n) is 17.2. The average Bonchev–Trinajstić information content (AvgIpc) is 3.52. The second-order valence-electron chi connectivity index (χ2n) is 8.54.